The van der Waals surface area contributed by atoms with Gasteiger partial charge < -0.3 is 0 Å². The second-order valence-corrected chi connectivity index (χ2v) is 5.71. The van der Waals surface area contributed by atoms with Crippen molar-refractivity contribution >= 4 is 0 Å². The van der Waals surface area contributed by atoms with E-state index in [9.17, 15) is 0 Å². The van der Waals surface area contributed by atoms with Gasteiger partial charge in [0.1, 0.15) is 0 Å². The third kappa shape index (κ3) is 4.71. The highest BCUT2D eigenvalue weighted by Gasteiger charge is 2.02. The quantitative estimate of drug-likeness (QED) is 0.696. The highest BCUT2D eigenvalue weighted by atomic mass is 14.7. The lowest BCUT2D eigenvalue weighted by Gasteiger charge is -2.05. The molecule has 23 heavy (non-hydrogen) atoms. The molecular weight excluding hydrogens is 282 g/mol. The van der Waals surface area contributed by atoms with Gasteiger partial charge in [-0.15, -0.1) is 0 Å². The lowest BCUT2D eigenvalue weighted by molar-refractivity contribution is 0.830. The molecule has 0 bridgehead atoms. The van der Waals surface area contributed by atoms with Crippen LogP contribution in [0.3, 0.4) is 0 Å². The average Bonchev–Trinajstić information content (AvgIpc) is 2.60. The van der Waals surface area contributed by atoms with Crippen LogP contribution in [0, 0.1) is 6.92 Å². The minimum absolute atomic E-state index is 0.924. The summed E-state index contributed by atoms with van der Waals surface area (Å²) in [5, 5.41) is 0. The molecule has 0 aliphatic rings. The molecular formula is C20H21N3. The van der Waals surface area contributed by atoms with Crippen molar-refractivity contribution in [2.75, 3.05) is 0 Å². The zero-order chi connectivity index (χ0) is 15.9. The Bertz CT molecular complexity index is 754. The molecule has 3 aromatic rings. The monoisotopic (exact) mass is 303 g/mol. The van der Waals surface area contributed by atoms with Crippen molar-refractivity contribution in [2.24, 2.45) is 0 Å². The summed E-state index contributed by atoms with van der Waals surface area (Å²) in [6.07, 6.45) is 5.55. The van der Waals surface area contributed by atoms with Crippen molar-refractivity contribution < 1.29 is 0 Å². The molecule has 0 fully saturated rings. The van der Waals surface area contributed by atoms with Crippen molar-refractivity contribution in [3.8, 4) is 0 Å². The Balaban J connectivity index is 1.59. The van der Waals surface area contributed by atoms with E-state index in [-0.39, 0.29) is 0 Å². The third-order valence-electron chi connectivity index (χ3n) is 3.81. The standard InChI is InChI=1S/C20H21N3/c1-16-6-4-8-18(22-16)13-14-20-10-5-9-19(23-20)12-11-17-7-2-3-15-21-17/h2-10,15H,11-14H2,1H3. The molecule has 0 amide bonds. The molecule has 116 valence electrons. The molecule has 0 radical (unpaired) electrons. The van der Waals surface area contributed by atoms with Crippen LogP contribution in [0.2, 0.25) is 0 Å². The lowest BCUT2D eigenvalue weighted by Crippen LogP contribution is -2.01. The first-order valence-electron chi connectivity index (χ1n) is 8.07. The fourth-order valence-electron chi connectivity index (χ4n) is 2.60. The largest absolute Gasteiger partial charge is 0.261 e. The molecule has 0 spiro atoms. The molecule has 3 heteroatoms. The SMILES string of the molecule is Cc1cccc(CCc2cccc(CCc3ccccn3)n2)n1. The second kappa shape index (κ2) is 7.63. The maximum Gasteiger partial charge on any atom is 0.0410 e. The van der Waals surface area contributed by atoms with Crippen molar-refractivity contribution in [1.29, 1.82) is 0 Å². The van der Waals surface area contributed by atoms with Gasteiger partial charge in [0, 0.05) is 34.7 Å². The lowest BCUT2D eigenvalue weighted by atomic mass is 10.1. The maximum atomic E-state index is 4.77. The fourth-order valence-corrected chi connectivity index (χ4v) is 2.60. The van der Waals surface area contributed by atoms with Gasteiger partial charge in [0.15, 0.2) is 0 Å². The van der Waals surface area contributed by atoms with Crippen LogP contribution in [0.25, 0.3) is 0 Å². The van der Waals surface area contributed by atoms with Gasteiger partial charge in [0.25, 0.3) is 0 Å². The maximum absolute atomic E-state index is 4.77. The summed E-state index contributed by atoms with van der Waals surface area (Å²) in [6.45, 7) is 2.03. The normalized spacial score (nSPS) is 10.7. The highest BCUT2D eigenvalue weighted by molar-refractivity contribution is 5.16. The predicted octanol–water partition coefficient (Wildman–Crippen LogP) is 3.75. The van der Waals surface area contributed by atoms with Gasteiger partial charge >= 0.3 is 0 Å². The zero-order valence-electron chi connectivity index (χ0n) is 13.4. The molecule has 0 aliphatic heterocycles. The second-order valence-electron chi connectivity index (χ2n) is 5.71. The first-order valence-corrected chi connectivity index (χ1v) is 8.07. The van der Waals surface area contributed by atoms with Crippen molar-refractivity contribution in [3.05, 3.63) is 89.3 Å². The van der Waals surface area contributed by atoms with Crippen LogP contribution in [-0.4, -0.2) is 15.0 Å². The Kier molecular flexibility index (Phi) is 5.09. The van der Waals surface area contributed by atoms with Gasteiger partial charge in [-0.2, -0.15) is 0 Å². The van der Waals surface area contributed by atoms with E-state index >= 15 is 0 Å². The van der Waals surface area contributed by atoms with Gasteiger partial charge in [-0.3, -0.25) is 15.0 Å². The molecule has 3 nitrogen and oxygen atoms in total. The summed E-state index contributed by atoms with van der Waals surface area (Å²) in [6, 6.07) is 18.5. The molecule has 0 aromatic carbocycles. The molecule has 0 atom stereocenters. The van der Waals surface area contributed by atoms with Crippen LogP contribution in [0.15, 0.2) is 60.8 Å². The topological polar surface area (TPSA) is 38.7 Å². The van der Waals surface area contributed by atoms with Crippen LogP contribution in [-0.2, 0) is 25.7 Å². The Morgan fingerprint density at radius 1 is 0.609 bits per heavy atom. The minimum Gasteiger partial charge on any atom is -0.261 e. The molecule has 3 heterocycles. The molecule has 0 saturated heterocycles. The van der Waals surface area contributed by atoms with E-state index in [0.29, 0.717) is 0 Å². The van der Waals surface area contributed by atoms with Gasteiger partial charge in [0.2, 0.25) is 0 Å². The van der Waals surface area contributed by atoms with E-state index in [1.165, 1.54) is 0 Å². The van der Waals surface area contributed by atoms with Gasteiger partial charge in [-0.25, -0.2) is 0 Å². The van der Waals surface area contributed by atoms with Crippen molar-refractivity contribution in [2.45, 2.75) is 32.6 Å². The van der Waals surface area contributed by atoms with Crippen LogP contribution in [0.5, 0.6) is 0 Å². The molecule has 0 saturated carbocycles. The van der Waals surface area contributed by atoms with Crippen LogP contribution >= 0.6 is 0 Å². The van der Waals surface area contributed by atoms with Crippen LogP contribution in [0.1, 0.15) is 28.5 Å². The summed E-state index contributed by atoms with van der Waals surface area (Å²) in [4.78, 5) is 13.7. The van der Waals surface area contributed by atoms with E-state index in [2.05, 4.69) is 46.4 Å². The van der Waals surface area contributed by atoms with E-state index in [4.69, 9.17) is 4.98 Å². The van der Waals surface area contributed by atoms with Gasteiger partial charge in [0.05, 0.1) is 0 Å². The summed E-state index contributed by atoms with van der Waals surface area (Å²) in [5.74, 6) is 0. The number of rotatable bonds is 6. The zero-order valence-corrected chi connectivity index (χ0v) is 13.4. The van der Waals surface area contributed by atoms with Gasteiger partial charge in [-0.05, 0) is 69.0 Å². The fraction of sp³-hybridized carbons (Fsp3) is 0.250. The van der Waals surface area contributed by atoms with E-state index in [1.807, 2.05) is 31.3 Å². The Morgan fingerprint density at radius 2 is 1.17 bits per heavy atom. The predicted molar refractivity (Wildman–Crippen MR) is 92.3 cm³/mol. The van der Waals surface area contributed by atoms with E-state index < -0.39 is 0 Å². The minimum atomic E-state index is 0.924. The highest BCUT2D eigenvalue weighted by Crippen LogP contribution is 2.08. The summed E-state index contributed by atoms with van der Waals surface area (Å²) in [5.41, 5.74) is 5.58. The average molecular weight is 303 g/mol. The first-order chi connectivity index (χ1) is 11.3. The Hall–Kier alpha value is -2.55. The van der Waals surface area contributed by atoms with E-state index in [1.54, 1.807) is 0 Å². The smallest absolute Gasteiger partial charge is 0.0410 e. The van der Waals surface area contributed by atoms with Crippen LogP contribution in [0.4, 0.5) is 0 Å². The van der Waals surface area contributed by atoms with Gasteiger partial charge in [-0.1, -0.05) is 18.2 Å². The molecule has 3 rings (SSSR count). The number of aromatic nitrogens is 3. The molecule has 0 N–H and O–H groups in total. The summed E-state index contributed by atoms with van der Waals surface area (Å²) < 4.78 is 0. The molecule has 3 aromatic heterocycles. The number of hydrogen-bond acceptors (Lipinski definition) is 3. The van der Waals surface area contributed by atoms with E-state index in [0.717, 1.165) is 54.2 Å². The number of hydrogen-bond donors (Lipinski definition) is 0. The first kappa shape index (κ1) is 15.3. The Labute approximate surface area is 137 Å². The van der Waals surface area contributed by atoms with Crippen molar-refractivity contribution in [3.63, 3.8) is 0 Å². The summed E-state index contributed by atoms with van der Waals surface area (Å²) in [7, 11) is 0. The third-order valence-corrected chi connectivity index (χ3v) is 3.81. The number of nitrogens with zero attached hydrogens (tertiary/aromatic N) is 3. The van der Waals surface area contributed by atoms with Crippen LogP contribution < -0.4 is 0 Å². The molecule has 0 aliphatic carbocycles. The number of aryl methyl sites for hydroxylation is 5. The summed E-state index contributed by atoms with van der Waals surface area (Å²) >= 11 is 0. The van der Waals surface area contributed by atoms with Crippen molar-refractivity contribution in [1.82, 2.24) is 15.0 Å². The number of pyridine rings is 3. The molecule has 0 unspecified atom stereocenters. The Morgan fingerprint density at radius 3 is 1.78 bits per heavy atom.